The Morgan fingerprint density at radius 3 is 2.31 bits per heavy atom. The molecular weight excluding hydrogens is 411 g/mol. The summed E-state index contributed by atoms with van der Waals surface area (Å²) in [5.74, 6) is -1.58. The van der Waals surface area contributed by atoms with Gasteiger partial charge in [0.2, 0.25) is 0 Å². The molecule has 1 amide bonds. The van der Waals surface area contributed by atoms with Gasteiger partial charge in [0.1, 0.15) is 23.1 Å². The Kier molecular flexibility index (Phi) is 5.73. The number of amides is 1. The number of hydrogen-bond acceptors (Lipinski definition) is 5. The van der Waals surface area contributed by atoms with Gasteiger partial charge in [0.15, 0.2) is 0 Å². The molecule has 3 aromatic rings. The van der Waals surface area contributed by atoms with Gasteiger partial charge in [-0.2, -0.15) is 0 Å². The predicted octanol–water partition coefficient (Wildman–Crippen LogP) is 4.63. The molecule has 6 nitrogen and oxygen atoms in total. The largest absolute Gasteiger partial charge is 0.507 e. The number of aromatic nitrogens is 1. The zero-order chi connectivity index (χ0) is 22.8. The molecular formula is C25H21FN2O4. The zero-order valence-electron chi connectivity index (χ0n) is 17.5. The third-order valence-electron chi connectivity index (χ3n) is 5.03. The number of halogens is 1. The van der Waals surface area contributed by atoms with Gasteiger partial charge in [0.25, 0.3) is 5.78 Å². The summed E-state index contributed by atoms with van der Waals surface area (Å²) in [5.41, 5.74) is 0.731. The Morgan fingerprint density at radius 1 is 1.03 bits per heavy atom. The molecule has 1 N–H and O–H groups in total. The van der Waals surface area contributed by atoms with E-state index in [2.05, 4.69) is 4.98 Å². The van der Waals surface area contributed by atoms with Crippen molar-refractivity contribution in [1.82, 2.24) is 4.98 Å². The van der Waals surface area contributed by atoms with Crippen molar-refractivity contribution < 1.29 is 23.8 Å². The van der Waals surface area contributed by atoms with Gasteiger partial charge in [-0.15, -0.1) is 0 Å². The summed E-state index contributed by atoms with van der Waals surface area (Å²) in [4.78, 5) is 31.4. The third kappa shape index (κ3) is 3.97. The van der Waals surface area contributed by atoms with E-state index in [9.17, 15) is 19.1 Å². The standard InChI is InChI=1S/C25H21FN2O4/c1-15(2)32-19-12-8-17(9-13-19)23(29)21-22(16-6-10-18(26)11-7-16)28(25(31)24(21)30)20-5-3-4-14-27-20/h3-15,22,29H,1-2H3/b23-21-. The van der Waals surface area contributed by atoms with Crippen molar-refractivity contribution >= 4 is 23.3 Å². The van der Waals surface area contributed by atoms with Crippen LogP contribution in [0.5, 0.6) is 5.75 Å². The molecule has 0 spiro atoms. The number of benzene rings is 2. The average molecular weight is 432 g/mol. The maximum Gasteiger partial charge on any atom is 0.301 e. The molecule has 1 aromatic heterocycles. The van der Waals surface area contributed by atoms with Crippen LogP contribution in [0.3, 0.4) is 0 Å². The fourth-order valence-electron chi connectivity index (χ4n) is 3.64. The second-order valence-electron chi connectivity index (χ2n) is 7.60. The summed E-state index contributed by atoms with van der Waals surface area (Å²) in [5, 5.41) is 11.1. The highest BCUT2D eigenvalue weighted by Crippen LogP contribution is 2.41. The van der Waals surface area contributed by atoms with Gasteiger partial charge in [-0.05, 0) is 67.9 Å². The number of aliphatic hydroxyl groups excluding tert-OH is 1. The van der Waals surface area contributed by atoms with E-state index in [-0.39, 0.29) is 23.3 Å². The topological polar surface area (TPSA) is 79.7 Å². The van der Waals surface area contributed by atoms with Gasteiger partial charge < -0.3 is 9.84 Å². The lowest BCUT2D eigenvalue weighted by Gasteiger charge is -2.24. The second kappa shape index (κ2) is 8.63. The van der Waals surface area contributed by atoms with Gasteiger partial charge in [-0.3, -0.25) is 14.5 Å². The van der Waals surface area contributed by atoms with Crippen molar-refractivity contribution in [3.63, 3.8) is 0 Å². The molecule has 2 aromatic carbocycles. The highest BCUT2D eigenvalue weighted by Gasteiger charge is 2.47. The lowest BCUT2D eigenvalue weighted by molar-refractivity contribution is -0.132. The smallest absolute Gasteiger partial charge is 0.301 e. The van der Waals surface area contributed by atoms with Crippen molar-refractivity contribution in [2.75, 3.05) is 4.90 Å². The first-order valence-corrected chi connectivity index (χ1v) is 10.1. The Bertz CT molecular complexity index is 1170. The van der Waals surface area contributed by atoms with E-state index >= 15 is 0 Å². The zero-order valence-corrected chi connectivity index (χ0v) is 17.5. The van der Waals surface area contributed by atoms with Crippen LogP contribution in [0.15, 0.2) is 78.5 Å². The first kappa shape index (κ1) is 21.2. The molecule has 1 aliphatic heterocycles. The maximum absolute atomic E-state index is 13.6. The molecule has 4 rings (SSSR count). The van der Waals surface area contributed by atoms with E-state index in [1.165, 1.54) is 35.4 Å². The highest BCUT2D eigenvalue weighted by molar-refractivity contribution is 6.51. The molecule has 0 aliphatic carbocycles. The quantitative estimate of drug-likeness (QED) is 0.361. The molecule has 7 heteroatoms. The number of Topliss-reactive ketones (excluding diaryl/α,β-unsaturated/α-hetero) is 1. The second-order valence-corrected chi connectivity index (χ2v) is 7.60. The summed E-state index contributed by atoms with van der Waals surface area (Å²) < 4.78 is 19.2. The van der Waals surface area contributed by atoms with Crippen LogP contribution in [-0.4, -0.2) is 27.9 Å². The van der Waals surface area contributed by atoms with Gasteiger partial charge in [0, 0.05) is 11.8 Å². The van der Waals surface area contributed by atoms with Crippen LogP contribution in [0.1, 0.15) is 31.0 Å². The summed E-state index contributed by atoms with van der Waals surface area (Å²) in [6, 6.07) is 16.0. The van der Waals surface area contributed by atoms with E-state index in [4.69, 9.17) is 4.74 Å². The molecule has 1 atom stereocenters. The SMILES string of the molecule is CC(C)Oc1ccc(/C(O)=C2/C(=O)C(=O)N(c3ccccn3)C2c2ccc(F)cc2)cc1. The van der Waals surface area contributed by atoms with Crippen LogP contribution in [0.25, 0.3) is 5.76 Å². The molecule has 1 aliphatic rings. The van der Waals surface area contributed by atoms with Crippen molar-refractivity contribution in [1.29, 1.82) is 0 Å². The minimum atomic E-state index is -0.961. The maximum atomic E-state index is 13.6. The van der Waals surface area contributed by atoms with Crippen LogP contribution in [-0.2, 0) is 9.59 Å². The van der Waals surface area contributed by atoms with Crippen molar-refractivity contribution in [3.8, 4) is 5.75 Å². The number of ether oxygens (including phenoxy) is 1. The molecule has 1 unspecified atom stereocenters. The number of aliphatic hydroxyl groups is 1. The first-order chi connectivity index (χ1) is 15.4. The number of pyridine rings is 1. The minimum Gasteiger partial charge on any atom is -0.507 e. The lowest BCUT2D eigenvalue weighted by Crippen LogP contribution is -2.30. The summed E-state index contributed by atoms with van der Waals surface area (Å²) in [6.07, 6.45) is 1.49. The fraction of sp³-hybridized carbons (Fsp3) is 0.160. The average Bonchev–Trinajstić information content (AvgIpc) is 3.05. The van der Waals surface area contributed by atoms with Crippen molar-refractivity contribution in [3.05, 3.63) is 95.4 Å². The van der Waals surface area contributed by atoms with Gasteiger partial charge in [0.05, 0.1) is 17.7 Å². The minimum absolute atomic E-state index is 0.0170. The van der Waals surface area contributed by atoms with Gasteiger partial charge >= 0.3 is 5.91 Å². The molecule has 162 valence electrons. The number of nitrogens with zero attached hydrogens (tertiary/aromatic N) is 2. The molecule has 1 saturated heterocycles. The van der Waals surface area contributed by atoms with E-state index in [0.29, 0.717) is 16.9 Å². The van der Waals surface area contributed by atoms with Crippen LogP contribution in [0, 0.1) is 5.82 Å². The Balaban J connectivity index is 1.85. The molecule has 0 radical (unpaired) electrons. The number of carbonyl (C=O) groups is 2. The molecule has 32 heavy (non-hydrogen) atoms. The normalized spacial score (nSPS) is 17.8. The van der Waals surface area contributed by atoms with Crippen LogP contribution < -0.4 is 9.64 Å². The summed E-state index contributed by atoms with van der Waals surface area (Å²) in [6.45, 7) is 3.80. The van der Waals surface area contributed by atoms with Crippen LogP contribution in [0.4, 0.5) is 10.2 Å². The van der Waals surface area contributed by atoms with Gasteiger partial charge in [-0.1, -0.05) is 18.2 Å². The van der Waals surface area contributed by atoms with Crippen LogP contribution >= 0.6 is 0 Å². The Labute approximate surface area is 184 Å². The lowest BCUT2D eigenvalue weighted by atomic mass is 9.95. The molecule has 2 heterocycles. The van der Waals surface area contributed by atoms with E-state index in [1.54, 1.807) is 42.5 Å². The fourth-order valence-corrected chi connectivity index (χ4v) is 3.64. The monoisotopic (exact) mass is 432 g/mol. The third-order valence-corrected chi connectivity index (χ3v) is 5.03. The number of anilines is 1. The first-order valence-electron chi connectivity index (χ1n) is 10.1. The number of hydrogen-bond donors (Lipinski definition) is 1. The molecule has 0 bridgehead atoms. The molecule has 0 saturated carbocycles. The van der Waals surface area contributed by atoms with E-state index < -0.39 is 23.5 Å². The summed E-state index contributed by atoms with van der Waals surface area (Å²) in [7, 11) is 0. The van der Waals surface area contributed by atoms with Crippen LogP contribution in [0.2, 0.25) is 0 Å². The van der Waals surface area contributed by atoms with E-state index in [0.717, 1.165) is 0 Å². The number of carbonyl (C=O) groups excluding carboxylic acids is 2. The highest BCUT2D eigenvalue weighted by atomic mass is 19.1. The predicted molar refractivity (Wildman–Crippen MR) is 118 cm³/mol. The number of rotatable bonds is 5. The summed E-state index contributed by atoms with van der Waals surface area (Å²) >= 11 is 0. The van der Waals surface area contributed by atoms with E-state index in [1.807, 2.05) is 13.8 Å². The van der Waals surface area contributed by atoms with Gasteiger partial charge in [-0.25, -0.2) is 9.37 Å². The Hall–Kier alpha value is -4.00. The van der Waals surface area contributed by atoms with Crippen molar-refractivity contribution in [2.45, 2.75) is 26.0 Å². The van der Waals surface area contributed by atoms with Crippen molar-refractivity contribution in [2.24, 2.45) is 0 Å². The number of ketones is 1. The Morgan fingerprint density at radius 2 is 1.72 bits per heavy atom. The molecule has 1 fully saturated rings.